The lowest BCUT2D eigenvalue weighted by Gasteiger charge is -2.25. The molecule has 0 unspecified atom stereocenters. The zero-order chi connectivity index (χ0) is 12.4. The first-order chi connectivity index (χ1) is 7.58. The van der Waals surface area contributed by atoms with Gasteiger partial charge in [0, 0.05) is 19.4 Å². The van der Waals surface area contributed by atoms with E-state index in [2.05, 4.69) is 11.2 Å². The number of amides is 1. The van der Waals surface area contributed by atoms with E-state index in [1.54, 1.807) is 0 Å². The Morgan fingerprint density at radius 1 is 1.38 bits per heavy atom. The lowest BCUT2D eigenvalue weighted by atomic mass is 9.97. The standard InChI is InChI=1S/C13H23NO2/c1-4-7-8-9-10-12(15)14-11-13(16,5-2)6-3/h1,16H,5-11H2,2-3H3,(H,14,15). The topological polar surface area (TPSA) is 49.3 Å². The van der Waals surface area contributed by atoms with E-state index in [1.807, 2.05) is 13.8 Å². The number of nitrogens with one attached hydrogen (secondary N) is 1. The van der Waals surface area contributed by atoms with Crippen molar-refractivity contribution in [3.8, 4) is 12.3 Å². The lowest BCUT2D eigenvalue weighted by Crippen LogP contribution is -2.41. The quantitative estimate of drug-likeness (QED) is 0.489. The molecule has 2 N–H and O–H groups in total. The molecule has 0 spiro atoms. The van der Waals surface area contributed by atoms with E-state index in [0.29, 0.717) is 25.8 Å². The Morgan fingerprint density at radius 2 is 2.00 bits per heavy atom. The van der Waals surface area contributed by atoms with Gasteiger partial charge in [0.2, 0.25) is 5.91 Å². The van der Waals surface area contributed by atoms with Crippen LogP contribution in [0.3, 0.4) is 0 Å². The van der Waals surface area contributed by atoms with Crippen molar-refractivity contribution in [1.82, 2.24) is 5.32 Å². The Kier molecular flexibility index (Phi) is 7.66. The Balaban J connectivity index is 3.69. The Bertz CT molecular complexity index is 239. The number of carbonyl (C=O) groups excluding carboxylic acids is 1. The Hall–Kier alpha value is -1.01. The number of rotatable bonds is 8. The van der Waals surface area contributed by atoms with E-state index in [0.717, 1.165) is 19.3 Å². The summed E-state index contributed by atoms with van der Waals surface area (Å²) < 4.78 is 0. The summed E-state index contributed by atoms with van der Waals surface area (Å²) in [6.45, 7) is 4.18. The molecule has 0 saturated heterocycles. The minimum Gasteiger partial charge on any atom is -0.388 e. The minimum absolute atomic E-state index is 0.00246. The molecule has 0 rings (SSSR count). The van der Waals surface area contributed by atoms with Crippen LogP contribution in [0, 0.1) is 12.3 Å². The largest absolute Gasteiger partial charge is 0.388 e. The zero-order valence-electron chi connectivity index (χ0n) is 10.4. The first-order valence-electron chi connectivity index (χ1n) is 6.00. The number of hydrogen-bond donors (Lipinski definition) is 2. The first-order valence-corrected chi connectivity index (χ1v) is 6.00. The van der Waals surface area contributed by atoms with Crippen molar-refractivity contribution in [1.29, 1.82) is 0 Å². The van der Waals surface area contributed by atoms with Gasteiger partial charge in [-0.25, -0.2) is 0 Å². The molecule has 0 bridgehead atoms. The van der Waals surface area contributed by atoms with Gasteiger partial charge in [-0.1, -0.05) is 13.8 Å². The summed E-state index contributed by atoms with van der Waals surface area (Å²) in [5.41, 5.74) is -0.755. The molecular formula is C13H23NO2. The van der Waals surface area contributed by atoms with E-state index in [-0.39, 0.29) is 5.91 Å². The number of terminal acetylenes is 1. The van der Waals surface area contributed by atoms with Crippen LogP contribution in [-0.2, 0) is 4.79 Å². The zero-order valence-corrected chi connectivity index (χ0v) is 10.4. The van der Waals surface area contributed by atoms with Crippen molar-refractivity contribution >= 4 is 5.91 Å². The van der Waals surface area contributed by atoms with Crippen molar-refractivity contribution in [2.45, 2.75) is 58.0 Å². The van der Waals surface area contributed by atoms with Crippen molar-refractivity contribution in [3.63, 3.8) is 0 Å². The fourth-order valence-electron chi connectivity index (χ4n) is 1.36. The summed E-state index contributed by atoms with van der Waals surface area (Å²) in [5.74, 6) is 2.54. The molecule has 0 fully saturated rings. The maximum Gasteiger partial charge on any atom is 0.220 e. The van der Waals surface area contributed by atoms with Gasteiger partial charge in [0.1, 0.15) is 0 Å². The van der Waals surface area contributed by atoms with Gasteiger partial charge in [-0.05, 0) is 25.7 Å². The van der Waals surface area contributed by atoms with Crippen molar-refractivity contribution < 1.29 is 9.90 Å². The number of hydrogen-bond acceptors (Lipinski definition) is 2. The van der Waals surface area contributed by atoms with Crippen molar-refractivity contribution in [2.24, 2.45) is 0 Å². The Labute approximate surface area is 98.6 Å². The van der Waals surface area contributed by atoms with E-state index in [1.165, 1.54) is 0 Å². The smallest absolute Gasteiger partial charge is 0.220 e. The van der Waals surface area contributed by atoms with Gasteiger partial charge in [-0.3, -0.25) is 4.79 Å². The second-order valence-electron chi connectivity index (χ2n) is 4.12. The summed E-state index contributed by atoms with van der Waals surface area (Å²) >= 11 is 0. The molecule has 0 aromatic carbocycles. The molecule has 0 atom stereocenters. The van der Waals surface area contributed by atoms with Crippen molar-refractivity contribution in [2.75, 3.05) is 6.54 Å². The fourth-order valence-corrected chi connectivity index (χ4v) is 1.36. The van der Waals surface area contributed by atoms with Crippen LogP contribution < -0.4 is 5.32 Å². The van der Waals surface area contributed by atoms with Crippen molar-refractivity contribution in [3.05, 3.63) is 0 Å². The third-order valence-corrected chi connectivity index (χ3v) is 2.91. The molecule has 0 aliphatic heterocycles. The van der Waals surface area contributed by atoms with E-state index >= 15 is 0 Å². The molecular weight excluding hydrogens is 202 g/mol. The van der Waals surface area contributed by atoms with Gasteiger partial charge in [-0.15, -0.1) is 12.3 Å². The summed E-state index contributed by atoms with van der Waals surface area (Å²) in [4.78, 5) is 11.4. The van der Waals surface area contributed by atoms with Gasteiger partial charge in [0.15, 0.2) is 0 Å². The summed E-state index contributed by atoms with van der Waals surface area (Å²) in [6.07, 6.45) is 9.33. The second-order valence-corrected chi connectivity index (χ2v) is 4.12. The van der Waals surface area contributed by atoms with Crippen LogP contribution in [0.1, 0.15) is 52.4 Å². The third kappa shape index (κ3) is 6.47. The highest BCUT2D eigenvalue weighted by atomic mass is 16.3. The predicted octanol–water partition coefficient (Wildman–Crippen LogP) is 1.85. The van der Waals surface area contributed by atoms with Gasteiger partial charge in [0.25, 0.3) is 0 Å². The average molecular weight is 225 g/mol. The Morgan fingerprint density at radius 3 is 2.50 bits per heavy atom. The van der Waals surface area contributed by atoms with Crippen LogP contribution in [-0.4, -0.2) is 23.2 Å². The maximum atomic E-state index is 11.4. The van der Waals surface area contributed by atoms with Gasteiger partial charge >= 0.3 is 0 Å². The van der Waals surface area contributed by atoms with E-state index in [4.69, 9.17) is 6.42 Å². The molecule has 0 aromatic heterocycles. The van der Waals surface area contributed by atoms with Crippen LogP contribution in [0.2, 0.25) is 0 Å². The van der Waals surface area contributed by atoms with Crippen LogP contribution in [0.15, 0.2) is 0 Å². The van der Waals surface area contributed by atoms with Crippen LogP contribution in [0.4, 0.5) is 0 Å². The normalized spacial score (nSPS) is 10.9. The number of carbonyl (C=O) groups is 1. The summed E-state index contributed by atoms with van der Waals surface area (Å²) in [6, 6.07) is 0. The van der Waals surface area contributed by atoms with Crippen LogP contribution in [0.25, 0.3) is 0 Å². The molecule has 0 radical (unpaired) electrons. The third-order valence-electron chi connectivity index (χ3n) is 2.91. The van der Waals surface area contributed by atoms with Gasteiger partial charge < -0.3 is 10.4 Å². The fraction of sp³-hybridized carbons (Fsp3) is 0.769. The molecule has 0 aromatic rings. The number of unbranched alkanes of at least 4 members (excludes halogenated alkanes) is 2. The van der Waals surface area contributed by atoms with Gasteiger partial charge in [0.05, 0.1) is 5.60 Å². The van der Waals surface area contributed by atoms with Crippen LogP contribution in [0.5, 0.6) is 0 Å². The number of aliphatic hydroxyl groups is 1. The highest BCUT2D eigenvalue weighted by Crippen LogP contribution is 2.12. The van der Waals surface area contributed by atoms with Crippen LogP contribution >= 0.6 is 0 Å². The lowest BCUT2D eigenvalue weighted by molar-refractivity contribution is -0.122. The molecule has 0 aliphatic rings. The highest BCUT2D eigenvalue weighted by molar-refractivity contribution is 5.75. The van der Waals surface area contributed by atoms with E-state index < -0.39 is 5.60 Å². The monoisotopic (exact) mass is 225 g/mol. The predicted molar refractivity (Wildman–Crippen MR) is 65.8 cm³/mol. The van der Waals surface area contributed by atoms with Gasteiger partial charge in [-0.2, -0.15) is 0 Å². The maximum absolute atomic E-state index is 11.4. The molecule has 0 aliphatic carbocycles. The highest BCUT2D eigenvalue weighted by Gasteiger charge is 2.22. The SMILES string of the molecule is C#CCCCCC(=O)NCC(O)(CC)CC. The minimum atomic E-state index is -0.755. The average Bonchev–Trinajstić information content (AvgIpc) is 2.31. The summed E-state index contributed by atoms with van der Waals surface area (Å²) in [7, 11) is 0. The molecule has 0 saturated carbocycles. The second kappa shape index (κ2) is 8.18. The van der Waals surface area contributed by atoms with E-state index in [9.17, 15) is 9.90 Å². The summed E-state index contributed by atoms with van der Waals surface area (Å²) in [5, 5.41) is 12.7. The molecule has 3 heteroatoms. The molecule has 1 amide bonds. The molecule has 3 nitrogen and oxygen atoms in total. The molecule has 16 heavy (non-hydrogen) atoms. The molecule has 0 heterocycles. The first kappa shape index (κ1) is 15.0. The molecule has 92 valence electrons.